The minimum absolute atomic E-state index is 0.0359. The third kappa shape index (κ3) is 7.17. The summed E-state index contributed by atoms with van der Waals surface area (Å²) < 4.78 is 49.6. The molecule has 2 N–H and O–H groups in total. The van der Waals surface area contributed by atoms with Crippen LogP contribution >= 0.6 is 22.9 Å². The topological polar surface area (TPSA) is 134 Å². The molecule has 1 aliphatic heterocycles. The first-order valence-corrected chi connectivity index (χ1v) is 15.9. The van der Waals surface area contributed by atoms with E-state index in [1.165, 1.54) is 14.2 Å². The number of sulfonamides is 1. The van der Waals surface area contributed by atoms with Crippen LogP contribution in [0.3, 0.4) is 0 Å². The van der Waals surface area contributed by atoms with E-state index >= 15 is 0 Å². The summed E-state index contributed by atoms with van der Waals surface area (Å²) in [6.45, 7) is 3.67. The molecule has 2 aromatic carbocycles. The first-order valence-electron chi connectivity index (χ1n) is 13.1. The SMILES string of the molecule is COC(=O)COc1c(C(=O)OC)sc(-c2cccc(OC3CCN(S(=O)(=O)Cc4cccc(N)c4)C(C)(C)C3)c2)c1Cl. The molecule has 4 rings (SSSR count). The average molecular weight is 637 g/mol. The van der Waals surface area contributed by atoms with Gasteiger partial charge in [0.25, 0.3) is 0 Å². The van der Waals surface area contributed by atoms with Crippen molar-refractivity contribution < 1.29 is 37.0 Å². The van der Waals surface area contributed by atoms with Crippen LogP contribution in [0.5, 0.6) is 11.5 Å². The summed E-state index contributed by atoms with van der Waals surface area (Å²) in [6.07, 6.45) is 0.740. The second-order valence-corrected chi connectivity index (χ2v) is 13.7. The van der Waals surface area contributed by atoms with Gasteiger partial charge in [0.2, 0.25) is 10.0 Å². The number of methoxy groups -OCH3 is 2. The number of carbonyl (C=O) groups excluding carboxylic acids is 2. The lowest BCUT2D eigenvalue weighted by Crippen LogP contribution is -2.55. The van der Waals surface area contributed by atoms with E-state index in [2.05, 4.69) is 4.74 Å². The predicted octanol–water partition coefficient (Wildman–Crippen LogP) is 5.14. The molecule has 2 heterocycles. The molecule has 1 atom stereocenters. The number of rotatable bonds is 10. The number of hydrogen-bond donors (Lipinski definition) is 1. The molecule has 1 saturated heterocycles. The van der Waals surface area contributed by atoms with Crippen LogP contribution in [-0.2, 0) is 30.0 Å². The lowest BCUT2D eigenvalue weighted by Gasteiger charge is -2.44. The van der Waals surface area contributed by atoms with Gasteiger partial charge < -0.3 is 24.7 Å². The minimum atomic E-state index is -3.60. The Morgan fingerprint density at radius 1 is 1.12 bits per heavy atom. The molecule has 0 aliphatic carbocycles. The zero-order valence-corrected chi connectivity index (χ0v) is 26.1. The molecule has 0 spiro atoms. The number of hydrogen-bond acceptors (Lipinski definition) is 10. The van der Waals surface area contributed by atoms with Crippen molar-refractivity contribution in [2.24, 2.45) is 0 Å². The highest BCUT2D eigenvalue weighted by Gasteiger charge is 2.42. The molecule has 42 heavy (non-hydrogen) atoms. The zero-order valence-electron chi connectivity index (χ0n) is 23.7. The second kappa shape index (κ2) is 12.9. The number of nitrogens with zero attached hydrogens (tertiary/aromatic N) is 1. The van der Waals surface area contributed by atoms with Crippen molar-refractivity contribution in [2.45, 2.75) is 44.1 Å². The van der Waals surface area contributed by atoms with Crippen LogP contribution < -0.4 is 15.2 Å². The Hall–Kier alpha value is -3.32. The highest BCUT2D eigenvalue weighted by Crippen LogP contribution is 2.46. The van der Waals surface area contributed by atoms with Gasteiger partial charge in [0.1, 0.15) is 16.9 Å². The molecule has 0 radical (unpaired) electrons. The summed E-state index contributed by atoms with van der Waals surface area (Å²) in [6, 6.07) is 14.1. The van der Waals surface area contributed by atoms with Gasteiger partial charge in [-0.05, 0) is 55.7 Å². The Morgan fingerprint density at radius 3 is 2.52 bits per heavy atom. The quantitative estimate of drug-likeness (QED) is 0.237. The Labute approximate surface area is 254 Å². The van der Waals surface area contributed by atoms with E-state index in [0.29, 0.717) is 46.8 Å². The van der Waals surface area contributed by atoms with Crippen LogP contribution in [0, 0.1) is 0 Å². The summed E-state index contributed by atoms with van der Waals surface area (Å²) in [5.74, 6) is -0.814. The second-order valence-electron chi connectivity index (χ2n) is 10.4. The van der Waals surface area contributed by atoms with Crippen molar-refractivity contribution in [2.75, 3.05) is 33.1 Å². The van der Waals surface area contributed by atoms with Crippen LogP contribution in [-0.4, -0.2) is 63.7 Å². The summed E-state index contributed by atoms with van der Waals surface area (Å²) >= 11 is 7.68. The number of piperidine rings is 1. The lowest BCUT2D eigenvalue weighted by molar-refractivity contribution is -0.142. The number of esters is 2. The van der Waals surface area contributed by atoms with Crippen molar-refractivity contribution in [1.82, 2.24) is 4.31 Å². The molecule has 1 fully saturated rings. The Bertz CT molecular complexity index is 1570. The van der Waals surface area contributed by atoms with Crippen LogP contribution in [0.1, 0.15) is 41.9 Å². The van der Waals surface area contributed by atoms with Gasteiger partial charge in [0.05, 0.1) is 24.8 Å². The molecular weight excluding hydrogens is 604 g/mol. The molecule has 13 heteroatoms. The highest BCUT2D eigenvalue weighted by atomic mass is 35.5. The Morgan fingerprint density at radius 2 is 1.86 bits per heavy atom. The van der Waals surface area contributed by atoms with Crippen LogP contribution in [0.2, 0.25) is 5.02 Å². The van der Waals surface area contributed by atoms with Gasteiger partial charge in [-0.1, -0.05) is 35.9 Å². The van der Waals surface area contributed by atoms with Crippen molar-refractivity contribution >= 4 is 50.6 Å². The van der Waals surface area contributed by atoms with Gasteiger partial charge in [-0.15, -0.1) is 11.3 Å². The maximum Gasteiger partial charge on any atom is 0.351 e. The molecule has 1 unspecified atom stereocenters. The fourth-order valence-corrected chi connectivity index (χ4v) is 8.39. The normalized spacial score (nSPS) is 16.9. The van der Waals surface area contributed by atoms with Crippen molar-refractivity contribution in [3.8, 4) is 21.9 Å². The maximum atomic E-state index is 13.3. The third-order valence-electron chi connectivity index (χ3n) is 6.83. The van der Waals surface area contributed by atoms with Crippen molar-refractivity contribution in [3.05, 3.63) is 64.0 Å². The van der Waals surface area contributed by atoms with E-state index in [9.17, 15) is 18.0 Å². The molecule has 1 aliphatic rings. The summed E-state index contributed by atoms with van der Waals surface area (Å²) in [4.78, 5) is 24.7. The van der Waals surface area contributed by atoms with E-state index in [1.807, 2.05) is 19.9 Å². The lowest BCUT2D eigenvalue weighted by atomic mass is 9.91. The van der Waals surface area contributed by atoms with Gasteiger partial charge in [0.15, 0.2) is 17.2 Å². The summed E-state index contributed by atoms with van der Waals surface area (Å²) in [7, 11) is -1.13. The number of benzene rings is 2. The smallest absolute Gasteiger partial charge is 0.351 e. The van der Waals surface area contributed by atoms with E-state index in [4.69, 9.17) is 31.5 Å². The first-order chi connectivity index (χ1) is 19.8. The average Bonchev–Trinajstić information content (AvgIpc) is 3.26. The van der Waals surface area contributed by atoms with Crippen LogP contribution in [0.15, 0.2) is 48.5 Å². The Kier molecular flexibility index (Phi) is 9.71. The van der Waals surface area contributed by atoms with E-state index in [0.717, 1.165) is 11.3 Å². The molecule has 3 aromatic rings. The fraction of sp³-hybridized carbons (Fsp3) is 0.379. The van der Waals surface area contributed by atoms with E-state index < -0.39 is 34.1 Å². The molecule has 10 nitrogen and oxygen atoms in total. The van der Waals surface area contributed by atoms with Gasteiger partial charge in [-0.3, -0.25) is 0 Å². The van der Waals surface area contributed by atoms with E-state index in [1.54, 1.807) is 46.8 Å². The predicted molar refractivity (Wildman–Crippen MR) is 162 cm³/mol. The van der Waals surface area contributed by atoms with Crippen molar-refractivity contribution in [3.63, 3.8) is 0 Å². The number of halogens is 1. The summed E-state index contributed by atoms with van der Waals surface area (Å²) in [5, 5.41) is 0.154. The third-order valence-corrected chi connectivity index (χ3v) is 10.6. The van der Waals surface area contributed by atoms with Crippen LogP contribution in [0.25, 0.3) is 10.4 Å². The number of anilines is 1. The number of ether oxygens (including phenoxy) is 4. The van der Waals surface area contributed by atoms with Crippen LogP contribution in [0.4, 0.5) is 5.69 Å². The number of nitrogen functional groups attached to an aromatic ring is 1. The van der Waals surface area contributed by atoms with Gasteiger partial charge in [-0.2, -0.15) is 4.31 Å². The minimum Gasteiger partial charge on any atom is -0.490 e. The molecule has 1 aromatic heterocycles. The standard InChI is InChI=1S/C29H33ClN2O8S2/c1-29(2)15-22(11-12-32(29)42(35,36)17-18-7-5-9-20(31)13-18)40-21-10-6-8-19(14-21)26-24(30)25(39-16-23(33)37-3)27(41-26)28(34)38-4/h5-10,13-14,22H,11-12,15-17,31H2,1-4H3. The molecule has 0 bridgehead atoms. The summed E-state index contributed by atoms with van der Waals surface area (Å²) in [5.41, 5.74) is 6.99. The largest absolute Gasteiger partial charge is 0.490 e. The first kappa shape index (κ1) is 31.6. The maximum absolute atomic E-state index is 13.3. The molecular formula is C29H33ClN2O8S2. The van der Waals surface area contributed by atoms with Crippen molar-refractivity contribution in [1.29, 1.82) is 0 Å². The number of thiophene rings is 1. The van der Waals surface area contributed by atoms with Gasteiger partial charge in [-0.25, -0.2) is 18.0 Å². The molecule has 226 valence electrons. The monoisotopic (exact) mass is 636 g/mol. The molecule has 0 amide bonds. The van der Waals surface area contributed by atoms with Gasteiger partial charge in [0, 0.05) is 24.2 Å². The zero-order chi connectivity index (χ0) is 30.7. The Balaban J connectivity index is 1.51. The number of nitrogens with two attached hydrogens (primary N) is 1. The fourth-order valence-electron chi connectivity index (χ4n) is 4.94. The molecule has 0 saturated carbocycles. The van der Waals surface area contributed by atoms with Gasteiger partial charge >= 0.3 is 11.9 Å². The highest BCUT2D eigenvalue weighted by molar-refractivity contribution is 7.88. The number of carbonyl (C=O) groups is 2. The van der Waals surface area contributed by atoms with E-state index in [-0.39, 0.29) is 27.5 Å².